The van der Waals surface area contributed by atoms with Crippen molar-refractivity contribution in [3.05, 3.63) is 52.1 Å². The number of rotatable bonds is 3. The summed E-state index contributed by atoms with van der Waals surface area (Å²) in [7, 11) is 0. The van der Waals surface area contributed by atoms with Crippen LogP contribution in [0.3, 0.4) is 0 Å². The van der Waals surface area contributed by atoms with E-state index in [1.807, 2.05) is 0 Å². The van der Waals surface area contributed by atoms with Crippen LogP contribution < -0.4 is 10.5 Å². The molecule has 0 fully saturated rings. The maximum Gasteiger partial charge on any atom is 0.219 e. The smallest absolute Gasteiger partial charge is 0.219 e. The fraction of sp³-hybridized carbons (Fsp3) is 0. The molecular formula is C12H8Cl2N2OS. The van der Waals surface area contributed by atoms with Crippen LogP contribution in [0.4, 0.5) is 0 Å². The highest BCUT2D eigenvalue weighted by molar-refractivity contribution is 7.80. The lowest BCUT2D eigenvalue weighted by Gasteiger charge is -2.06. The summed E-state index contributed by atoms with van der Waals surface area (Å²) in [5.41, 5.74) is 6.00. The van der Waals surface area contributed by atoms with Gasteiger partial charge >= 0.3 is 0 Å². The maximum atomic E-state index is 5.89. The van der Waals surface area contributed by atoms with Gasteiger partial charge in [-0.05, 0) is 18.2 Å². The second-order valence-corrected chi connectivity index (χ2v) is 4.66. The van der Waals surface area contributed by atoms with Crippen molar-refractivity contribution in [2.45, 2.75) is 0 Å². The Morgan fingerprint density at radius 1 is 1.17 bits per heavy atom. The van der Waals surface area contributed by atoms with Crippen molar-refractivity contribution in [1.82, 2.24) is 4.98 Å². The SMILES string of the molecule is NC(=S)c1cccc(Oc2ccc(Cl)c(Cl)c2)n1. The number of hydrogen-bond donors (Lipinski definition) is 1. The number of ether oxygens (including phenoxy) is 1. The third-order valence-electron chi connectivity index (χ3n) is 2.09. The van der Waals surface area contributed by atoms with Crippen LogP contribution in [0.15, 0.2) is 36.4 Å². The van der Waals surface area contributed by atoms with Gasteiger partial charge in [0.1, 0.15) is 16.4 Å². The van der Waals surface area contributed by atoms with Gasteiger partial charge < -0.3 is 10.5 Å². The molecule has 2 aromatic rings. The van der Waals surface area contributed by atoms with Crippen LogP contribution in [-0.4, -0.2) is 9.97 Å². The number of hydrogen-bond acceptors (Lipinski definition) is 3. The van der Waals surface area contributed by atoms with Crippen LogP contribution in [0.1, 0.15) is 5.69 Å². The molecule has 0 saturated heterocycles. The maximum absolute atomic E-state index is 5.89. The van der Waals surface area contributed by atoms with Gasteiger partial charge in [0, 0.05) is 12.1 Å². The standard InChI is InChI=1S/C12H8Cl2N2OS/c13-8-5-4-7(6-9(8)14)17-11-3-1-2-10(16-11)12(15)18/h1-6H,(H2,15,18). The van der Waals surface area contributed by atoms with Crippen molar-refractivity contribution in [2.24, 2.45) is 5.73 Å². The molecule has 2 N–H and O–H groups in total. The van der Waals surface area contributed by atoms with Gasteiger partial charge in [-0.15, -0.1) is 0 Å². The predicted molar refractivity (Wildman–Crippen MR) is 76.7 cm³/mol. The second kappa shape index (κ2) is 5.52. The van der Waals surface area contributed by atoms with Crippen LogP contribution in [-0.2, 0) is 0 Å². The molecule has 6 heteroatoms. The van der Waals surface area contributed by atoms with Crippen molar-refractivity contribution in [3.8, 4) is 11.6 Å². The first-order valence-electron chi connectivity index (χ1n) is 4.96. The van der Waals surface area contributed by atoms with E-state index in [1.165, 1.54) is 0 Å². The summed E-state index contributed by atoms with van der Waals surface area (Å²) in [5, 5.41) is 0.883. The number of thiocarbonyl (C=S) groups is 1. The van der Waals surface area contributed by atoms with Crippen LogP contribution in [0.25, 0.3) is 0 Å². The van der Waals surface area contributed by atoms with Gasteiger partial charge in [-0.2, -0.15) is 0 Å². The molecule has 0 saturated carbocycles. The predicted octanol–water partition coefficient (Wildman–Crippen LogP) is 3.81. The lowest BCUT2D eigenvalue weighted by molar-refractivity contribution is 0.462. The van der Waals surface area contributed by atoms with Crippen molar-refractivity contribution in [3.63, 3.8) is 0 Å². The quantitative estimate of drug-likeness (QED) is 0.875. The van der Waals surface area contributed by atoms with Crippen molar-refractivity contribution in [2.75, 3.05) is 0 Å². The van der Waals surface area contributed by atoms with Gasteiger partial charge in [0.05, 0.1) is 10.0 Å². The summed E-state index contributed by atoms with van der Waals surface area (Å²) >= 11 is 16.5. The van der Waals surface area contributed by atoms with Crippen molar-refractivity contribution < 1.29 is 4.74 Å². The molecule has 92 valence electrons. The first kappa shape index (κ1) is 13.1. The van der Waals surface area contributed by atoms with Crippen LogP contribution >= 0.6 is 35.4 Å². The molecule has 1 heterocycles. The Balaban J connectivity index is 2.25. The minimum Gasteiger partial charge on any atom is -0.439 e. The minimum absolute atomic E-state index is 0.217. The average molecular weight is 299 g/mol. The van der Waals surface area contributed by atoms with E-state index in [0.717, 1.165) is 0 Å². The molecule has 0 spiro atoms. The van der Waals surface area contributed by atoms with Crippen molar-refractivity contribution >= 4 is 40.4 Å². The lowest BCUT2D eigenvalue weighted by atomic mass is 10.3. The van der Waals surface area contributed by atoms with Gasteiger partial charge in [-0.25, -0.2) is 4.98 Å². The Hall–Kier alpha value is -1.36. The van der Waals surface area contributed by atoms with Gasteiger partial charge in [0.25, 0.3) is 0 Å². The molecule has 3 nitrogen and oxygen atoms in total. The molecule has 1 aromatic carbocycles. The number of halogens is 2. The summed E-state index contributed by atoms with van der Waals surface area (Å²) in [6, 6.07) is 10.1. The van der Waals surface area contributed by atoms with Gasteiger partial charge in [-0.3, -0.25) is 0 Å². The van der Waals surface area contributed by atoms with E-state index in [0.29, 0.717) is 27.4 Å². The van der Waals surface area contributed by atoms with E-state index in [9.17, 15) is 0 Å². The molecule has 2 rings (SSSR count). The van der Waals surface area contributed by atoms with E-state index in [2.05, 4.69) is 4.98 Å². The van der Waals surface area contributed by atoms with Crippen LogP contribution in [0, 0.1) is 0 Å². The molecule has 0 unspecified atom stereocenters. The molecule has 0 atom stereocenters. The molecule has 0 bridgehead atoms. The Morgan fingerprint density at radius 2 is 1.94 bits per heavy atom. The van der Waals surface area contributed by atoms with E-state index >= 15 is 0 Å². The average Bonchev–Trinajstić information content (AvgIpc) is 2.34. The summed E-state index contributed by atoms with van der Waals surface area (Å²) in [6.45, 7) is 0. The molecule has 0 radical (unpaired) electrons. The third-order valence-corrected chi connectivity index (χ3v) is 3.04. The molecule has 0 aliphatic carbocycles. The minimum atomic E-state index is 0.217. The highest BCUT2D eigenvalue weighted by Crippen LogP contribution is 2.28. The number of nitrogens with two attached hydrogens (primary N) is 1. The number of aromatic nitrogens is 1. The molecule has 18 heavy (non-hydrogen) atoms. The zero-order chi connectivity index (χ0) is 13.1. The molecule has 1 aromatic heterocycles. The number of benzene rings is 1. The van der Waals surface area contributed by atoms with E-state index in [-0.39, 0.29) is 4.99 Å². The first-order valence-corrected chi connectivity index (χ1v) is 6.12. The fourth-order valence-electron chi connectivity index (χ4n) is 1.27. The Morgan fingerprint density at radius 3 is 2.61 bits per heavy atom. The van der Waals surface area contributed by atoms with E-state index in [1.54, 1.807) is 36.4 Å². The van der Waals surface area contributed by atoms with E-state index in [4.69, 9.17) is 45.9 Å². The highest BCUT2D eigenvalue weighted by atomic mass is 35.5. The molecule has 0 aliphatic rings. The Labute approximate surface area is 119 Å². The Kier molecular flexibility index (Phi) is 4.01. The zero-order valence-electron chi connectivity index (χ0n) is 9.06. The van der Waals surface area contributed by atoms with Crippen molar-refractivity contribution in [1.29, 1.82) is 0 Å². The summed E-state index contributed by atoms with van der Waals surface area (Å²) in [6.07, 6.45) is 0. The van der Waals surface area contributed by atoms with Gasteiger partial charge in [-0.1, -0.05) is 41.5 Å². The topological polar surface area (TPSA) is 48.1 Å². The highest BCUT2D eigenvalue weighted by Gasteiger charge is 2.04. The van der Waals surface area contributed by atoms with Gasteiger partial charge in [0.2, 0.25) is 5.88 Å². The largest absolute Gasteiger partial charge is 0.439 e. The van der Waals surface area contributed by atoms with Gasteiger partial charge in [0.15, 0.2) is 0 Å². The third kappa shape index (κ3) is 3.10. The van der Waals surface area contributed by atoms with E-state index < -0.39 is 0 Å². The second-order valence-electron chi connectivity index (χ2n) is 3.40. The summed E-state index contributed by atoms with van der Waals surface area (Å²) in [5.74, 6) is 0.927. The summed E-state index contributed by atoms with van der Waals surface area (Å²) < 4.78 is 5.54. The molecule has 0 aliphatic heterocycles. The lowest BCUT2D eigenvalue weighted by Crippen LogP contribution is -2.11. The monoisotopic (exact) mass is 298 g/mol. The molecular weight excluding hydrogens is 291 g/mol. The van der Waals surface area contributed by atoms with Crippen LogP contribution in [0.5, 0.6) is 11.6 Å². The number of pyridine rings is 1. The fourth-order valence-corrected chi connectivity index (χ4v) is 1.67. The zero-order valence-corrected chi connectivity index (χ0v) is 11.4. The van der Waals surface area contributed by atoms with Crippen LogP contribution in [0.2, 0.25) is 10.0 Å². The molecule has 0 amide bonds. The summed E-state index contributed by atoms with van der Waals surface area (Å²) in [4.78, 5) is 4.37. The Bertz CT molecular complexity index is 604. The first-order chi connectivity index (χ1) is 8.56. The normalized spacial score (nSPS) is 10.1. The number of nitrogens with zero attached hydrogens (tertiary/aromatic N) is 1.